The summed E-state index contributed by atoms with van der Waals surface area (Å²) in [6.45, 7) is 3.90. The minimum absolute atomic E-state index is 0.170. The number of carbonyl (C=O) groups excluding carboxylic acids is 1. The molecule has 1 atom stereocenters. The first-order chi connectivity index (χ1) is 13.2. The Bertz CT molecular complexity index is 1110. The van der Waals surface area contributed by atoms with Crippen LogP contribution in [0.2, 0.25) is 0 Å². The predicted molar refractivity (Wildman–Crippen MR) is 108 cm³/mol. The number of para-hydroxylation sites is 2. The van der Waals surface area contributed by atoms with E-state index in [1.807, 2.05) is 80.6 Å². The fourth-order valence-electron chi connectivity index (χ4n) is 3.19. The third-order valence-electron chi connectivity index (χ3n) is 4.67. The molecule has 0 spiro atoms. The summed E-state index contributed by atoms with van der Waals surface area (Å²) in [6.07, 6.45) is 0.0185. The van der Waals surface area contributed by atoms with E-state index in [2.05, 4.69) is 5.32 Å². The van der Waals surface area contributed by atoms with E-state index in [9.17, 15) is 4.79 Å². The number of anilines is 1. The lowest BCUT2D eigenvalue weighted by Crippen LogP contribution is -2.32. The first kappa shape index (κ1) is 17.2. The van der Waals surface area contributed by atoms with Crippen LogP contribution >= 0.6 is 0 Å². The fourth-order valence-corrected chi connectivity index (χ4v) is 3.19. The van der Waals surface area contributed by atoms with Gasteiger partial charge in [0.15, 0.2) is 6.10 Å². The minimum Gasteiger partial charge on any atom is -0.480 e. The van der Waals surface area contributed by atoms with E-state index < -0.39 is 6.10 Å². The van der Waals surface area contributed by atoms with Crippen molar-refractivity contribution in [1.82, 2.24) is 0 Å². The zero-order chi connectivity index (χ0) is 18.8. The highest BCUT2D eigenvalue weighted by molar-refractivity contribution is 6.06. The van der Waals surface area contributed by atoms with Crippen molar-refractivity contribution in [2.75, 3.05) is 5.32 Å². The number of rotatable bonds is 5. The fraction of sp³-hybridized carbons (Fsp3) is 0.174. The summed E-state index contributed by atoms with van der Waals surface area (Å²) in [5, 5.41) is 5.05. The molecule has 4 heteroatoms. The molecule has 1 heterocycles. The molecule has 0 radical (unpaired) electrons. The number of carbonyl (C=O) groups is 1. The second-order valence-corrected chi connectivity index (χ2v) is 6.58. The average Bonchev–Trinajstić information content (AvgIpc) is 3.05. The maximum Gasteiger partial charge on any atom is 0.265 e. The Morgan fingerprint density at radius 2 is 1.74 bits per heavy atom. The lowest BCUT2D eigenvalue weighted by Gasteiger charge is -2.18. The van der Waals surface area contributed by atoms with Gasteiger partial charge >= 0.3 is 0 Å². The monoisotopic (exact) mass is 359 g/mol. The number of nitrogens with one attached hydrogen (secondary N) is 1. The van der Waals surface area contributed by atoms with Crippen LogP contribution in [0.1, 0.15) is 18.9 Å². The summed E-state index contributed by atoms with van der Waals surface area (Å²) in [5.41, 5.74) is 3.29. The van der Waals surface area contributed by atoms with Crippen LogP contribution in [-0.4, -0.2) is 12.0 Å². The lowest BCUT2D eigenvalue weighted by molar-refractivity contribution is -0.122. The first-order valence-corrected chi connectivity index (χ1v) is 9.10. The molecule has 0 fully saturated rings. The van der Waals surface area contributed by atoms with Crippen LogP contribution < -0.4 is 10.1 Å². The molecule has 0 saturated heterocycles. The third kappa shape index (κ3) is 3.38. The van der Waals surface area contributed by atoms with Crippen molar-refractivity contribution in [3.63, 3.8) is 0 Å². The summed E-state index contributed by atoms with van der Waals surface area (Å²) in [4.78, 5) is 12.7. The molecule has 4 aromatic rings. The average molecular weight is 359 g/mol. The van der Waals surface area contributed by atoms with Crippen molar-refractivity contribution in [1.29, 1.82) is 0 Å². The van der Waals surface area contributed by atoms with Gasteiger partial charge in [0.25, 0.3) is 5.91 Å². The van der Waals surface area contributed by atoms with E-state index in [-0.39, 0.29) is 5.91 Å². The number of hydrogen-bond donors (Lipinski definition) is 1. The van der Waals surface area contributed by atoms with Crippen molar-refractivity contribution in [3.05, 3.63) is 72.3 Å². The van der Waals surface area contributed by atoms with Gasteiger partial charge in [0.2, 0.25) is 0 Å². The first-order valence-electron chi connectivity index (χ1n) is 9.10. The standard InChI is InChI=1S/C23H21NO3/c1-3-19(26-20-10-6-4-8-15(20)2)23(25)24-16-12-13-18-17-9-5-7-11-21(17)27-22(18)14-16/h4-14,19H,3H2,1-2H3,(H,24,25)/t19-/m1/s1. The topological polar surface area (TPSA) is 51.5 Å². The Labute approximate surface area is 157 Å². The van der Waals surface area contributed by atoms with E-state index >= 15 is 0 Å². The van der Waals surface area contributed by atoms with E-state index in [1.165, 1.54) is 0 Å². The van der Waals surface area contributed by atoms with E-state index in [4.69, 9.17) is 9.15 Å². The summed E-state index contributed by atoms with van der Waals surface area (Å²) >= 11 is 0. The maximum atomic E-state index is 12.7. The molecule has 1 N–H and O–H groups in total. The number of ether oxygens (including phenoxy) is 1. The molecule has 4 rings (SSSR count). The van der Waals surface area contributed by atoms with Crippen LogP contribution in [0.3, 0.4) is 0 Å². The molecule has 0 aliphatic heterocycles. The van der Waals surface area contributed by atoms with Crippen molar-refractivity contribution in [2.45, 2.75) is 26.4 Å². The number of furan rings is 1. The second-order valence-electron chi connectivity index (χ2n) is 6.58. The number of hydrogen-bond acceptors (Lipinski definition) is 3. The van der Waals surface area contributed by atoms with Crippen LogP contribution in [0, 0.1) is 6.92 Å². The van der Waals surface area contributed by atoms with Gasteiger partial charge in [0.05, 0.1) is 0 Å². The zero-order valence-electron chi connectivity index (χ0n) is 15.4. The Kier molecular flexibility index (Phi) is 4.55. The van der Waals surface area contributed by atoms with Crippen molar-refractivity contribution < 1.29 is 13.9 Å². The Morgan fingerprint density at radius 3 is 2.56 bits per heavy atom. The number of aryl methyl sites for hydroxylation is 1. The van der Waals surface area contributed by atoms with Gasteiger partial charge in [0.1, 0.15) is 16.9 Å². The molecule has 0 unspecified atom stereocenters. The summed E-state index contributed by atoms with van der Waals surface area (Å²) in [6, 6.07) is 21.3. The van der Waals surface area contributed by atoms with Crippen LogP contribution in [0.25, 0.3) is 21.9 Å². The zero-order valence-corrected chi connectivity index (χ0v) is 15.4. The van der Waals surface area contributed by atoms with Crippen molar-refractivity contribution >= 4 is 33.5 Å². The van der Waals surface area contributed by atoms with Crippen LogP contribution in [0.5, 0.6) is 5.75 Å². The predicted octanol–water partition coefficient (Wildman–Crippen LogP) is 5.69. The molecule has 0 saturated carbocycles. The van der Waals surface area contributed by atoms with Gasteiger partial charge in [0, 0.05) is 22.5 Å². The number of benzene rings is 3. The molecule has 136 valence electrons. The highest BCUT2D eigenvalue weighted by Gasteiger charge is 2.19. The smallest absolute Gasteiger partial charge is 0.265 e. The van der Waals surface area contributed by atoms with Gasteiger partial charge in [-0.1, -0.05) is 43.3 Å². The van der Waals surface area contributed by atoms with E-state index in [1.54, 1.807) is 0 Å². The molecule has 4 nitrogen and oxygen atoms in total. The molecule has 0 bridgehead atoms. The molecule has 0 aliphatic rings. The number of fused-ring (bicyclic) bond motifs is 3. The Hall–Kier alpha value is -3.27. The second kappa shape index (κ2) is 7.16. The highest BCUT2D eigenvalue weighted by Crippen LogP contribution is 2.30. The van der Waals surface area contributed by atoms with Gasteiger partial charge in [-0.2, -0.15) is 0 Å². The van der Waals surface area contributed by atoms with Crippen LogP contribution in [-0.2, 0) is 4.79 Å². The normalized spacial score (nSPS) is 12.2. The third-order valence-corrected chi connectivity index (χ3v) is 4.67. The summed E-state index contributed by atoms with van der Waals surface area (Å²) in [7, 11) is 0. The minimum atomic E-state index is -0.558. The Balaban J connectivity index is 1.55. The van der Waals surface area contributed by atoms with Gasteiger partial charge in [-0.25, -0.2) is 0 Å². The molecule has 0 aliphatic carbocycles. The molecule has 3 aromatic carbocycles. The maximum absolute atomic E-state index is 12.7. The molecule has 1 aromatic heterocycles. The lowest BCUT2D eigenvalue weighted by atomic mass is 10.1. The summed E-state index contributed by atoms with van der Waals surface area (Å²) < 4.78 is 11.8. The van der Waals surface area contributed by atoms with Gasteiger partial charge in [-0.3, -0.25) is 4.79 Å². The van der Waals surface area contributed by atoms with Gasteiger partial charge in [-0.15, -0.1) is 0 Å². The molecule has 27 heavy (non-hydrogen) atoms. The SMILES string of the molecule is CC[C@@H](Oc1ccccc1C)C(=O)Nc1ccc2c(c1)oc1ccccc12. The van der Waals surface area contributed by atoms with Crippen molar-refractivity contribution in [2.24, 2.45) is 0 Å². The van der Waals surface area contributed by atoms with E-state index in [0.717, 1.165) is 33.3 Å². The molecule has 1 amide bonds. The van der Waals surface area contributed by atoms with Crippen LogP contribution in [0.15, 0.2) is 71.1 Å². The van der Waals surface area contributed by atoms with E-state index in [0.29, 0.717) is 12.1 Å². The highest BCUT2D eigenvalue weighted by atomic mass is 16.5. The molecular weight excluding hydrogens is 338 g/mol. The Morgan fingerprint density at radius 1 is 1.00 bits per heavy atom. The van der Waals surface area contributed by atoms with Crippen molar-refractivity contribution in [3.8, 4) is 5.75 Å². The number of amides is 1. The quantitative estimate of drug-likeness (QED) is 0.498. The van der Waals surface area contributed by atoms with Gasteiger partial charge < -0.3 is 14.5 Å². The van der Waals surface area contributed by atoms with Gasteiger partial charge in [-0.05, 0) is 43.2 Å². The molecular formula is C23H21NO3. The summed E-state index contributed by atoms with van der Waals surface area (Å²) in [5.74, 6) is 0.559. The largest absolute Gasteiger partial charge is 0.480 e. The van der Waals surface area contributed by atoms with Crippen LogP contribution in [0.4, 0.5) is 5.69 Å².